The summed E-state index contributed by atoms with van der Waals surface area (Å²) < 4.78 is 13.9. The van der Waals surface area contributed by atoms with Crippen LogP contribution < -0.4 is 4.90 Å². The third kappa shape index (κ3) is 1.86. The number of Topliss-reactive ketones (excluding diaryl/α,β-unsaturated/α-hetero) is 1. The molecule has 0 aromatic heterocycles. The lowest BCUT2D eigenvalue weighted by Crippen LogP contribution is -2.44. The number of anilines is 1. The number of carbonyl (C=O) groups excluding carboxylic acids is 3. The van der Waals surface area contributed by atoms with Gasteiger partial charge in [0.1, 0.15) is 11.6 Å². The Labute approximate surface area is 153 Å². The average Bonchev–Trinajstić information content (AvgIpc) is 2.90. The molecule has 26 heavy (non-hydrogen) atoms. The van der Waals surface area contributed by atoms with E-state index >= 15 is 0 Å². The van der Waals surface area contributed by atoms with E-state index in [1.165, 1.54) is 12.1 Å². The molecule has 1 saturated heterocycles. The van der Waals surface area contributed by atoms with Gasteiger partial charge in [-0.15, -0.1) is 0 Å². The van der Waals surface area contributed by atoms with Crippen LogP contribution in [0, 0.1) is 17.7 Å². The standard InChI is InChI=1S/C20H13ClFNO3/c21-13-6-5-9(7-14(13)22)23-19(25)17-12-8-15(24)16(18(17)20(23)26)11-4-2-1-3-10(11)12/h1-7,12,16-18H,8H2/t12-,16-,17-,18-/m1/s1. The molecule has 2 bridgehead atoms. The number of carbonyl (C=O) groups is 3. The summed E-state index contributed by atoms with van der Waals surface area (Å²) in [5, 5.41) is -0.0760. The fraction of sp³-hybridized carbons (Fsp3) is 0.250. The van der Waals surface area contributed by atoms with Crippen LogP contribution in [0.5, 0.6) is 0 Å². The van der Waals surface area contributed by atoms with Crippen LogP contribution in [0.15, 0.2) is 42.5 Å². The second-order valence-corrected chi connectivity index (χ2v) is 7.45. The highest BCUT2D eigenvalue weighted by atomic mass is 35.5. The zero-order valence-corrected chi connectivity index (χ0v) is 14.2. The number of hydrogen-bond donors (Lipinski definition) is 0. The highest BCUT2D eigenvalue weighted by Crippen LogP contribution is 2.57. The molecular weight excluding hydrogens is 357 g/mol. The van der Waals surface area contributed by atoms with Crippen LogP contribution in [0.25, 0.3) is 0 Å². The molecule has 0 N–H and O–H groups in total. The van der Waals surface area contributed by atoms with Crippen LogP contribution >= 0.6 is 11.6 Å². The van der Waals surface area contributed by atoms with Crippen LogP contribution in [0.4, 0.5) is 10.1 Å². The molecule has 4 aliphatic rings. The van der Waals surface area contributed by atoms with Crippen molar-refractivity contribution in [2.45, 2.75) is 18.3 Å². The van der Waals surface area contributed by atoms with Crippen molar-refractivity contribution in [2.75, 3.05) is 4.90 Å². The smallest absolute Gasteiger partial charge is 0.238 e. The number of imide groups is 1. The lowest BCUT2D eigenvalue weighted by molar-refractivity contribution is -0.134. The summed E-state index contributed by atoms with van der Waals surface area (Å²) in [5.41, 5.74) is 1.98. The Kier molecular flexibility index (Phi) is 3.16. The molecule has 6 heteroatoms. The first-order chi connectivity index (χ1) is 12.5. The Hall–Kier alpha value is -2.53. The molecule has 130 valence electrons. The van der Waals surface area contributed by atoms with E-state index in [0.717, 1.165) is 22.1 Å². The van der Waals surface area contributed by atoms with Crippen molar-refractivity contribution in [3.63, 3.8) is 0 Å². The normalized spacial score (nSPS) is 29.2. The number of hydrogen-bond acceptors (Lipinski definition) is 3. The molecule has 2 aromatic carbocycles. The minimum atomic E-state index is -0.706. The minimum absolute atomic E-state index is 0.000219. The molecule has 2 amide bonds. The second kappa shape index (κ2) is 5.24. The summed E-state index contributed by atoms with van der Waals surface area (Å²) >= 11 is 5.71. The molecular formula is C20H13ClFNO3. The maximum atomic E-state index is 13.9. The van der Waals surface area contributed by atoms with Crippen molar-refractivity contribution in [1.29, 1.82) is 0 Å². The maximum Gasteiger partial charge on any atom is 0.238 e. The summed E-state index contributed by atoms with van der Waals surface area (Å²) in [6, 6.07) is 11.4. The number of amides is 2. The molecule has 3 aliphatic carbocycles. The highest BCUT2D eigenvalue weighted by molar-refractivity contribution is 6.31. The van der Waals surface area contributed by atoms with Gasteiger partial charge in [-0.25, -0.2) is 9.29 Å². The molecule has 1 aliphatic heterocycles. The lowest BCUT2D eigenvalue weighted by atomic mass is 9.56. The van der Waals surface area contributed by atoms with E-state index in [1.54, 1.807) is 0 Å². The zero-order chi connectivity index (χ0) is 18.2. The Balaban J connectivity index is 1.65. The third-order valence-electron chi connectivity index (χ3n) is 5.85. The zero-order valence-electron chi connectivity index (χ0n) is 13.5. The van der Waals surface area contributed by atoms with Gasteiger partial charge in [0.05, 0.1) is 28.5 Å². The van der Waals surface area contributed by atoms with Gasteiger partial charge in [-0.2, -0.15) is 0 Å². The second-order valence-electron chi connectivity index (χ2n) is 7.05. The number of ketones is 1. The number of fused-ring (bicyclic) bond motifs is 1. The molecule has 1 heterocycles. The van der Waals surface area contributed by atoms with Crippen LogP contribution in [-0.2, 0) is 14.4 Å². The Morgan fingerprint density at radius 2 is 1.65 bits per heavy atom. The molecule has 4 atom stereocenters. The molecule has 2 fully saturated rings. The Morgan fingerprint density at radius 1 is 0.962 bits per heavy atom. The molecule has 0 radical (unpaired) electrons. The van der Waals surface area contributed by atoms with Gasteiger partial charge in [-0.3, -0.25) is 14.4 Å². The van der Waals surface area contributed by atoms with E-state index in [2.05, 4.69) is 0 Å². The largest absolute Gasteiger partial charge is 0.299 e. The summed E-state index contributed by atoms with van der Waals surface area (Å²) in [4.78, 5) is 39.8. The van der Waals surface area contributed by atoms with Crippen molar-refractivity contribution in [3.8, 4) is 0 Å². The van der Waals surface area contributed by atoms with Crippen LogP contribution in [0.3, 0.4) is 0 Å². The predicted molar refractivity (Wildman–Crippen MR) is 92.4 cm³/mol. The number of nitrogens with zero attached hydrogens (tertiary/aromatic N) is 1. The summed E-state index contributed by atoms with van der Waals surface area (Å²) in [6.07, 6.45) is 0.269. The molecule has 0 unspecified atom stereocenters. The fourth-order valence-corrected chi connectivity index (χ4v) is 4.96. The molecule has 2 aromatic rings. The van der Waals surface area contributed by atoms with Gasteiger partial charge in [-0.05, 0) is 29.3 Å². The SMILES string of the molecule is O=C1C[C@@H]2c3ccccc3[C@H]1[C@H]1C(=O)N(c3ccc(Cl)c(F)c3)C(=O)[C@@H]12. The number of halogens is 2. The van der Waals surface area contributed by atoms with Crippen LogP contribution in [0.2, 0.25) is 5.02 Å². The molecule has 0 spiro atoms. The Morgan fingerprint density at radius 3 is 2.38 bits per heavy atom. The predicted octanol–water partition coefficient (Wildman–Crippen LogP) is 3.44. The van der Waals surface area contributed by atoms with Crippen molar-refractivity contribution in [3.05, 3.63) is 64.4 Å². The van der Waals surface area contributed by atoms with Gasteiger partial charge in [0, 0.05) is 12.3 Å². The van der Waals surface area contributed by atoms with E-state index in [-0.39, 0.29) is 34.7 Å². The van der Waals surface area contributed by atoms with Gasteiger partial charge in [-0.1, -0.05) is 35.9 Å². The van der Waals surface area contributed by atoms with E-state index in [0.29, 0.717) is 0 Å². The maximum absolute atomic E-state index is 13.9. The first kappa shape index (κ1) is 15.7. The molecule has 6 rings (SSSR count). The minimum Gasteiger partial charge on any atom is -0.299 e. The first-order valence-corrected chi connectivity index (χ1v) is 8.81. The summed E-state index contributed by atoms with van der Waals surface area (Å²) in [7, 11) is 0. The molecule has 4 nitrogen and oxygen atoms in total. The average molecular weight is 370 g/mol. The van der Waals surface area contributed by atoms with Crippen molar-refractivity contribution < 1.29 is 18.8 Å². The van der Waals surface area contributed by atoms with E-state index in [4.69, 9.17) is 11.6 Å². The summed E-state index contributed by atoms with van der Waals surface area (Å²) in [5.74, 6) is -3.66. The van der Waals surface area contributed by atoms with Crippen molar-refractivity contribution in [1.82, 2.24) is 0 Å². The number of benzene rings is 2. The fourth-order valence-electron chi connectivity index (χ4n) is 4.84. The topological polar surface area (TPSA) is 54.5 Å². The number of rotatable bonds is 1. The summed E-state index contributed by atoms with van der Waals surface area (Å²) in [6.45, 7) is 0. The lowest BCUT2D eigenvalue weighted by Gasteiger charge is -2.43. The van der Waals surface area contributed by atoms with Crippen LogP contribution in [0.1, 0.15) is 29.4 Å². The quantitative estimate of drug-likeness (QED) is 0.723. The third-order valence-corrected chi connectivity index (χ3v) is 6.16. The van der Waals surface area contributed by atoms with E-state index in [9.17, 15) is 18.8 Å². The Bertz CT molecular complexity index is 1000. The van der Waals surface area contributed by atoms with Gasteiger partial charge in [0.2, 0.25) is 11.8 Å². The first-order valence-electron chi connectivity index (χ1n) is 8.43. The van der Waals surface area contributed by atoms with Crippen LogP contribution in [-0.4, -0.2) is 17.6 Å². The van der Waals surface area contributed by atoms with Gasteiger partial charge in [0.15, 0.2) is 0 Å². The van der Waals surface area contributed by atoms with E-state index in [1.807, 2.05) is 24.3 Å². The highest BCUT2D eigenvalue weighted by Gasteiger charge is 2.62. The molecule has 1 saturated carbocycles. The monoisotopic (exact) mass is 369 g/mol. The van der Waals surface area contributed by atoms with Gasteiger partial charge >= 0.3 is 0 Å². The van der Waals surface area contributed by atoms with E-state index < -0.39 is 29.5 Å². The van der Waals surface area contributed by atoms with Gasteiger partial charge < -0.3 is 0 Å². The van der Waals surface area contributed by atoms with Crippen molar-refractivity contribution >= 4 is 34.9 Å². The van der Waals surface area contributed by atoms with Crippen molar-refractivity contribution in [2.24, 2.45) is 11.8 Å². The van der Waals surface area contributed by atoms with Gasteiger partial charge in [0.25, 0.3) is 0 Å².